The number of nitrogen functional groups attached to an aromatic ring is 1. The van der Waals surface area contributed by atoms with Crippen molar-refractivity contribution in [3.63, 3.8) is 0 Å². The molecule has 3 N–H and O–H groups in total. The summed E-state index contributed by atoms with van der Waals surface area (Å²) in [5, 5.41) is 2.74. The number of nitrogens with zero attached hydrogens (tertiary/aromatic N) is 1. The molecule has 0 unspecified atom stereocenters. The first kappa shape index (κ1) is 12.1. The molecule has 1 heterocycles. The van der Waals surface area contributed by atoms with Crippen LogP contribution in [0.4, 0.5) is 11.4 Å². The van der Waals surface area contributed by atoms with Crippen molar-refractivity contribution in [1.29, 1.82) is 0 Å². The molecular formula is C14H15N3O. The summed E-state index contributed by atoms with van der Waals surface area (Å²) in [7, 11) is 0. The first-order valence-electron chi connectivity index (χ1n) is 5.67. The highest BCUT2D eigenvalue weighted by Crippen LogP contribution is 2.29. The number of carbonyl (C=O) groups excluding carboxylic acids is 1. The maximum Gasteiger partial charge on any atom is 0.221 e. The number of amides is 1. The molecule has 4 heteroatoms. The molecule has 4 nitrogen and oxygen atoms in total. The van der Waals surface area contributed by atoms with E-state index in [1.54, 1.807) is 6.20 Å². The number of carbonyl (C=O) groups is 1. The Kier molecular flexibility index (Phi) is 3.28. The van der Waals surface area contributed by atoms with Crippen molar-refractivity contribution < 1.29 is 4.79 Å². The van der Waals surface area contributed by atoms with Crippen LogP contribution in [0.5, 0.6) is 0 Å². The molecular weight excluding hydrogens is 226 g/mol. The number of aromatic nitrogens is 1. The molecule has 18 heavy (non-hydrogen) atoms. The molecule has 2 aromatic rings. The summed E-state index contributed by atoms with van der Waals surface area (Å²) in [6, 6.07) is 9.50. The molecule has 0 saturated heterocycles. The Labute approximate surface area is 106 Å². The van der Waals surface area contributed by atoms with Crippen LogP contribution >= 0.6 is 0 Å². The summed E-state index contributed by atoms with van der Waals surface area (Å²) in [5.41, 5.74) is 9.91. The first-order valence-corrected chi connectivity index (χ1v) is 5.67. The van der Waals surface area contributed by atoms with Crippen LogP contribution in [0.1, 0.15) is 12.5 Å². The maximum atomic E-state index is 11.1. The van der Waals surface area contributed by atoms with Crippen LogP contribution in [0, 0.1) is 6.92 Å². The molecule has 0 radical (unpaired) electrons. The predicted octanol–water partition coefficient (Wildman–Crippen LogP) is 2.60. The molecule has 0 atom stereocenters. The third-order valence-corrected chi connectivity index (χ3v) is 2.63. The normalized spacial score (nSPS) is 10.1. The van der Waals surface area contributed by atoms with E-state index in [0.717, 1.165) is 16.8 Å². The highest BCUT2D eigenvalue weighted by molar-refractivity contribution is 5.94. The zero-order valence-electron chi connectivity index (χ0n) is 10.4. The maximum absolute atomic E-state index is 11.1. The van der Waals surface area contributed by atoms with Gasteiger partial charge >= 0.3 is 0 Å². The zero-order valence-corrected chi connectivity index (χ0v) is 10.4. The molecule has 0 bridgehead atoms. The summed E-state index contributed by atoms with van der Waals surface area (Å²) in [6.45, 7) is 3.37. The van der Waals surface area contributed by atoms with Crippen molar-refractivity contribution in [2.45, 2.75) is 13.8 Å². The van der Waals surface area contributed by atoms with Gasteiger partial charge in [0.1, 0.15) is 0 Å². The van der Waals surface area contributed by atoms with Crippen LogP contribution in [0.3, 0.4) is 0 Å². The number of rotatable bonds is 2. The van der Waals surface area contributed by atoms with Gasteiger partial charge in [0.05, 0.1) is 17.1 Å². The van der Waals surface area contributed by atoms with E-state index in [2.05, 4.69) is 10.3 Å². The lowest BCUT2D eigenvalue weighted by Gasteiger charge is -2.12. The molecule has 0 aliphatic carbocycles. The minimum Gasteiger partial charge on any atom is -0.397 e. The van der Waals surface area contributed by atoms with Gasteiger partial charge in [-0.15, -0.1) is 0 Å². The van der Waals surface area contributed by atoms with Gasteiger partial charge < -0.3 is 11.1 Å². The average molecular weight is 241 g/mol. The molecule has 0 spiro atoms. The number of nitrogens with two attached hydrogens (primary N) is 1. The minimum atomic E-state index is -0.129. The van der Waals surface area contributed by atoms with Crippen LogP contribution in [0.25, 0.3) is 11.3 Å². The van der Waals surface area contributed by atoms with Crippen LogP contribution in [0.2, 0.25) is 0 Å². The highest BCUT2D eigenvalue weighted by atomic mass is 16.1. The van der Waals surface area contributed by atoms with Gasteiger partial charge in [-0.1, -0.05) is 6.07 Å². The van der Waals surface area contributed by atoms with Gasteiger partial charge in [-0.25, -0.2) is 0 Å². The number of benzene rings is 1. The lowest BCUT2D eigenvalue weighted by atomic mass is 10.0. The Morgan fingerprint density at radius 1 is 1.33 bits per heavy atom. The van der Waals surface area contributed by atoms with Gasteiger partial charge in [0, 0.05) is 18.7 Å². The molecule has 0 aliphatic heterocycles. The quantitative estimate of drug-likeness (QED) is 0.794. The number of pyridine rings is 1. The molecule has 2 rings (SSSR count). The lowest BCUT2D eigenvalue weighted by Crippen LogP contribution is -2.09. The monoisotopic (exact) mass is 241 g/mol. The van der Waals surface area contributed by atoms with Crippen molar-refractivity contribution in [2.24, 2.45) is 0 Å². The summed E-state index contributed by atoms with van der Waals surface area (Å²) >= 11 is 0. The standard InChI is InChI=1S/C14H15N3O/c1-9-7-11(13-5-3-4-6-16-13)8-12(15)14(9)17-10(2)18/h3-8H,15H2,1-2H3,(H,17,18). The Bertz CT molecular complexity index is 556. The summed E-state index contributed by atoms with van der Waals surface area (Å²) in [6.07, 6.45) is 1.74. The largest absolute Gasteiger partial charge is 0.397 e. The average Bonchev–Trinajstić information content (AvgIpc) is 2.34. The smallest absolute Gasteiger partial charge is 0.221 e. The number of anilines is 2. The first-order chi connectivity index (χ1) is 8.58. The fourth-order valence-electron chi connectivity index (χ4n) is 1.84. The number of aryl methyl sites for hydroxylation is 1. The molecule has 1 aromatic carbocycles. The summed E-state index contributed by atoms with van der Waals surface area (Å²) in [5.74, 6) is -0.129. The SMILES string of the molecule is CC(=O)Nc1c(C)cc(-c2ccccn2)cc1N. The van der Waals surface area contributed by atoms with E-state index in [9.17, 15) is 4.79 Å². The Morgan fingerprint density at radius 2 is 2.11 bits per heavy atom. The van der Waals surface area contributed by atoms with Crippen LogP contribution in [0.15, 0.2) is 36.5 Å². The Morgan fingerprint density at radius 3 is 2.67 bits per heavy atom. The van der Waals surface area contributed by atoms with Crippen LogP contribution < -0.4 is 11.1 Å². The lowest BCUT2D eigenvalue weighted by molar-refractivity contribution is -0.114. The van der Waals surface area contributed by atoms with E-state index in [-0.39, 0.29) is 5.91 Å². The zero-order chi connectivity index (χ0) is 13.1. The molecule has 0 aliphatic rings. The van der Waals surface area contributed by atoms with Crippen molar-refractivity contribution in [2.75, 3.05) is 11.1 Å². The van der Waals surface area contributed by atoms with Crippen molar-refractivity contribution in [3.05, 3.63) is 42.1 Å². The predicted molar refractivity (Wildman–Crippen MR) is 73.1 cm³/mol. The van der Waals surface area contributed by atoms with E-state index in [0.29, 0.717) is 11.4 Å². The van der Waals surface area contributed by atoms with E-state index in [4.69, 9.17) is 5.73 Å². The molecule has 1 aromatic heterocycles. The van der Waals surface area contributed by atoms with Gasteiger partial charge in [-0.3, -0.25) is 9.78 Å². The van der Waals surface area contributed by atoms with Gasteiger partial charge in [0.25, 0.3) is 0 Å². The van der Waals surface area contributed by atoms with Crippen molar-refractivity contribution in [1.82, 2.24) is 4.98 Å². The van der Waals surface area contributed by atoms with Crippen LogP contribution in [-0.4, -0.2) is 10.9 Å². The second-order valence-electron chi connectivity index (χ2n) is 4.15. The Hall–Kier alpha value is -2.36. The van der Waals surface area contributed by atoms with Crippen molar-refractivity contribution >= 4 is 17.3 Å². The van der Waals surface area contributed by atoms with E-state index in [1.807, 2.05) is 37.3 Å². The molecule has 92 valence electrons. The molecule has 1 amide bonds. The minimum absolute atomic E-state index is 0.129. The van der Waals surface area contributed by atoms with E-state index in [1.165, 1.54) is 6.92 Å². The third kappa shape index (κ3) is 2.48. The summed E-state index contributed by atoms with van der Waals surface area (Å²) in [4.78, 5) is 15.4. The van der Waals surface area contributed by atoms with Gasteiger partial charge in [0.15, 0.2) is 0 Å². The topological polar surface area (TPSA) is 68.0 Å². The second kappa shape index (κ2) is 4.87. The fourth-order valence-corrected chi connectivity index (χ4v) is 1.84. The number of hydrogen-bond donors (Lipinski definition) is 2. The second-order valence-corrected chi connectivity index (χ2v) is 4.15. The number of hydrogen-bond acceptors (Lipinski definition) is 3. The Balaban J connectivity index is 2.46. The van der Waals surface area contributed by atoms with Crippen LogP contribution in [-0.2, 0) is 4.79 Å². The third-order valence-electron chi connectivity index (χ3n) is 2.63. The summed E-state index contributed by atoms with van der Waals surface area (Å²) < 4.78 is 0. The fraction of sp³-hybridized carbons (Fsp3) is 0.143. The van der Waals surface area contributed by atoms with Gasteiger partial charge in [-0.2, -0.15) is 0 Å². The van der Waals surface area contributed by atoms with E-state index < -0.39 is 0 Å². The van der Waals surface area contributed by atoms with E-state index >= 15 is 0 Å². The highest BCUT2D eigenvalue weighted by Gasteiger charge is 2.08. The molecule has 0 fully saturated rings. The number of nitrogens with one attached hydrogen (secondary N) is 1. The van der Waals surface area contributed by atoms with Crippen molar-refractivity contribution in [3.8, 4) is 11.3 Å². The van der Waals surface area contributed by atoms with Gasteiger partial charge in [0.2, 0.25) is 5.91 Å². The molecule has 0 saturated carbocycles. The van der Waals surface area contributed by atoms with Gasteiger partial charge in [-0.05, 0) is 36.8 Å².